The molecule has 0 bridgehead atoms. The predicted octanol–water partition coefficient (Wildman–Crippen LogP) is 10.1. The molecule has 0 unspecified atom stereocenters. The lowest BCUT2D eigenvalue weighted by Crippen LogP contribution is -2.55. The number of carbonyl (C=O) groups is 2. The topological polar surface area (TPSA) is 161 Å². The highest BCUT2D eigenvalue weighted by Gasteiger charge is 2.45. The Balaban J connectivity index is 1.11. The van der Waals surface area contributed by atoms with Gasteiger partial charge in [0.05, 0.1) is 46.2 Å². The van der Waals surface area contributed by atoms with Crippen LogP contribution in [0.2, 0.25) is 12.1 Å². The number of Topliss-reactive ketones (excluding diaryl/α,β-unsaturated/α-hetero) is 1. The fraction of sp³-hybridized carbons (Fsp3) is 0.519. The van der Waals surface area contributed by atoms with Crippen molar-refractivity contribution in [2.45, 2.75) is 82.9 Å². The molecule has 2 N–H and O–H groups in total. The minimum absolute atomic E-state index is 0.0380. The molecule has 15 heteroatoms. The van der Waals surface area contributed by atoms with E-state index < -0.39 is 8.07 Å². The zero-order chi connectivity index (χ0) is 48.8. The average Bonchev–Trinajstić information content (AvgIpc) is 3.64. The molecule has 0 aliphatic carbocycles. The molecule has 374 valence electrons. The minimum atomic E-state index is -2.24. The van der Waals surface area contributed by atoms with E-state index in [-0.39, 0.29) is 24.7 Å². The predicted molar refractivity (Wildman–Crippen MR) is 287 cm³/mol. The Hall–Kier alpha value is -4.15. The summed E-state index contributed by atoms with van der Waals surface area (Å²) in [5.41, 5.74) is 16.8. The van der Waals surface area contributed by atoms with Crippen molar-refractivity contribution in [3.8, 4) is 39.1 Å². The molecule has 1 amide bonds. The summed E-state index contributed by atoms with van der Waals surface area (Å²) in [6, 6.07) is 33.3. The van der Waals surface area contributed by atoms with E-state index in [1.54, 1.807) is 24.6 Å². The van der Waals surface area contributed by atoms with Gasteiger partial charge in [0.25, 0.3) is 0 Å². The van der Waals surface area contributed by atoms with Gasteiger partial charge in [0.1, 0.15) is 26.2 Å². The van der Waals surface area contributed by atoms with Crippen LogP contribution in [-0.4, -0.2) is 121 Å². The van der Waals surface area contributed by atoms with E-state index in [0.717, 1.165) is 98.0 Å². The maximum atomic E-state index is 12.3. The SMILES string of the molecule is COCCSCCC[Si]1(CCCSCCOC)c2cc(-c3ccc(CO)cc3)ccc2-c2ccc(-c3ccc(OCCOCCC(=O)NCCOCCC(=O)CCCCCCCN=[N+]=[N-])cc3)cc21. The van der Waals surface area contributed by atoms with Crippen molar-refractivity contribution in [2.75, 3.05) is 96.6 Å². The van der Waals surface area contributed by atoms with Crippen LogP contribution in [0.1, 0.15) is 69.8 Å². The number of carbonyl (C=O) groups excluding carboxylic acids is 2. The van der Waals surface area contributed by atoms with Crippen LogP contribution in [0.4, 0.5) is 0 Å². The number of nitrogens with one attached hydrogen (secondary N) is 1. The summed E-state index contributed by atoms with van der Waals surface area (Å²) in [7, 11) is 1.30. The van der Waals surface area contributed by atoms with Crippen LogP contribution in [0, 0.1) is 0 Å². The zero-order valence-electron chi connectivity index (χ0n) is 40.9. The molecule has 5 rings (SSSR count). The van der Waals surface area contributed by atoms with Gasteiger partial charge in [-0.05, 0) is 116 Å². The van der Waals surface area contributed by atoms with Gasteiger partial charge in [0, 0.05) is 63.0 Å². The number of unbranched alkanes of at least 4 members (excludes halogenated alkanes) is 4. The molecule has 1 heterocycles. The molecule has 1 aliphatic rings. The average molecular weight is 999 g/mol. The number of azide groups is 1. The van der Waals surface area contributed by atoms with Crippen molar-refractivity contribution in [2.24, 2.45) is 5.11 Å². The number of benzene rings is 4. The Morgan fingerprint density at radius 3 is 1.80 bits per heavy atom. The summed E-state index contributed by atoms with van der Waals surface area (Å²) >= 11 is 3.98. The molecular formula is C54H74N4O8S2Si. The van der Waals surface area contributed by atoms with Crippen LogP contribution in [-0.2, 0) is 35.1 Å². The fourth-order valence-corrected chi connectivity index (χ4v) is 16.5. The Kier molecular flexibility index (Phi) is 26.4. The molecule has 0 saturated heterocycles. The number of thioether (sulfide) groups is 2. The molecule has 0 fully saturated rings. The number of ether oxygens (including phenoxy) is 5. The highest BCUT2D eigenvalue weighted by atomic mass is 32.2. The lowest BCUT2D eigenvalue weighted by molar-refractivity contribution is -0.123. The Morgan fingerprint density at radius 2 is 1.19 bits per heavy atom. The van der Waals surface area contributed by atoms with Gasteiger partial charge in [-0.25, -0.2) is 0 Å². The van der Waals surface area contributed by atoms with Crippen LogP contribution in [0.5, 0.6) is 5.75 Å². The van der Waals surface area contributed by atoms with Crippen molar-refractivity contribution in [1.82, 2.24) is 5.32 Å². The van der Waals surface area contributed by atoms with Gasteiger partial charge in [0.2, 0.25) is 5.91 Å². The zero-order valence-corrected chi connectivity index (χ0v) is 43.6. The number of nitrogens with zero attached hydrogens (tertiary/aromatic N) is 3. The molecule has 0 saturated carbocycles. The second-order valence-corrected chi connectivity index (χ2v) is 24.0. The molecule has 0 aromatic heterocycles. The molecular weight excluding hydrogens is 925 g/mol. The van der Waals surface area contributed by atoms with Crippen molar-refractivity contribution in [3.63, 3.8) is 0 Å². The molecule has 69 heavy (non-hydrogen) atoms. The number of hydrogen-bond donors (Lipinski definition) is 2. The third-order valence-electron chi connectivity index (χ3n) is 12.5. The summed E-state index contributed by atoms with van der Waals surface area (Å²) in [4.78, 5) is 27.1. The smallest absolute Gasteiger partial charge is 0.222 e. The monoisotopic (exact) mass is 998 g/mol. The standard InChI is InChI=1S/C54H74N4O8S2Si/c1-62-32-36-67-34-8-38-69(39-9-35-68-37-33-63-2)52-40-46(44-13-11-43(42-59)12-14-44)17-21-50(52)51-22-18-47(41-53(51)69)45-15-19-49(20-16-45)66-31-30-65-28-24-54(61)56-26-29-64-27-23-48(60)10-6-4-3-5-7-25-57-58-55/h11-22,40-41,59H,3-10,23-39,42H2,1-2H3,(H,56,61). The van der Waals surface area contributed by atoms with Gasteiger partial charge in [0.15, 0.2) is 0 Å². The van der Waals surface area contributed by atoms with E-state index in [1.165, 1.54) is 39.9 Å². The van der Waals surface area contributed by atoms with Crippen molar-refractivity contribution in [1.29, 1.82) is 0 Å². The van der Waals surface area contributed by atoms with Crippen LogP contribution < -0.4 is 20.4 Å². The highest BCUT2D eigenvalue weighted by Crippen LogP contribution is 2.38. The number of rotatable bonds is 38. The Labute approximate surface area is 420 Å². The number of amides is 1. The maximum absolute atomic E-state index is 12.3. The Morgan fingerprint density at radius 1 is 0.623 bits per heavy atom. The van der Waals surface area contributed by atoms with Gasteiger partial charge < -0.3 is 34.1 Å². The van der Waals surface area contributed by atoms with Crippen molar-refractivity contribution < 1.29 is 38.4 Å². The summed E-state index contributed by atoms with van der Waals surface area (Å²) in [6.45, 7) is 4.26. The van der Waals surface area contributed by atoms with E-state index in [9.17, 15) is 14.7 Å². The number of aliphatic hydroxyl groups excluding tert-OH is 1. The highest BCUT2D eigenvalue weighted by molar-refractivity contribution is 7.99. The normalized spacial score (nSPS) is 12.3. The molecule has 12 nitrogen and oxygen atoms in total. The Bertz CT molecular complexity index is 2160. The third-order valence-corrected chi connectivity index (χ3v) is 19.9. The second-order valence-electron chi connectivity index (χ2n) is 17.3. The van der Waals surface area contributed by atoms with E-state index in [0.29, 0.717) is 59.0 Å². The van der Waals surface area contributed by atoms with Crippen LogP contribution in [0.3, 0.4) is 0 Å². The molecule has 0 radical (unpaired) electrons. The number of aliphatic hydroxyl groups is 1. The summed E-state index contributed by atoms with van der Waals surface area (Å²) < 4.78 is 28.0. The van der Waals surface area contributed by atoms with Crippen LogP contribution in [0.25, 0.3) is 43.8 Å². The first-order valence-corrected chi connectivity index (χ1v) is 29.5. The van der Waals surface area contributed by atoms with Gasteiger partial charge in [-0.3, -0.25) is 9.59 Å². The minimum Gasteiger partial charge on any atom is -0.491 e. The quantitative estimate of drug-likeness (QED) is 0.0145. The molecule has 4 aromatic carbocycles. The largest absolute Gasteiger partial charge is 0.491 e. The maximum Gasteiger partial charge on any atom is 0.222 e. The number of methoxy groups -OCH3 is 2. The summed E-state index contributed by atoms with van der Waals surface area (Å²) in [5.74, 6) is 5.11. The van der Waals surface area contributed by atoms with Crippen LogP contribution >= 0.6 is 23.5 Å². The lowest BCUT2D eigenvalue weighted by Gasteiger charge is -2.31. The summed E-state index contributed by atoms with van der Waals surface area (Å²) in [5, 5.41) is 19.2. The molecule has 0 spiro atoms. The van der Waals surface area contributed by atoms with E-state index >= 15 is 0 Å². The number of ketones is 1. The third kappa shape index (κ3) is 18.8. The van der Waals surface area contributed by atoms with Gasteiger partial charge >= 0.3 is 0 Å². The fourth-order valence-electron chi connectivity index (χ4n) is 8.83. The van der Waals surface area contributed by atoms with Gasteiger partial charge in [-0.2, -0.15) is 23.5 Å². The second kappa shape index (κ2) is 32.7. The van der Waals surface area contributed by atoms with E-state index in [4.69, 9.17) is 29.2 Å². The van der Waals surface area contributed by atoms with E-state index in [2.05, 4.69) is 76.0 Å². The van der Waals surface area contributed by atoms with Gasteiger partial charge in [-0.15, -0.1) is 0 Å². The van der Waals surface area contributed by atoms with Gasteiger partial charge in [-0.1, -0.05) is 97.2 Å². The first kappa shape index (κ1) is 55.8. The molecule has 1 aliphatic heterocycles. The first-order chi connectivity index (χ1) is 33.9. The number of fused-ring (bicyclic) bond motifs is 3. The molecule has 4 aromatic rings. The summed E-state index contributed by atoms with van der Waals surface area (Å²) in [6.07, 6.45) is 8.31. The lowest BCUT2D eigenvalue weighted by atomic mass is 9.98. The first-order valence-electron chi connectivity index (χ1n) is 24.7. The van der Waals surface area contributed by atoms with Crippen LogP contribution in [0.15, 0.2) is 90.0 Å². The molecule has 0 atom stereocenters. The van der Waals surface area contributed by atoms with Crippen molar-refractivity contribution >= 4 is 53.7 Å². The van der Waals surface area contributed by atoms with Crippen molar-refractivity contribution in [3.05, 3.63) is 101 Å². The van der Waals surface area contributed by atoms with E-state index in [1.807, 2.05) is 47.8 Å². The number of hydrogen-bond acceptors (Lipinski definition) is 11.